The summed E-state index contributed by atoms with van der Waals surface area (Å²) in [6.07, 6.45) is 4.61. The Bertz CT molecular complexity index is 1350. The van der Waals surface area contributed by atoms with Crippen LogP contribution >= 0.6 is 0 Å². The normalized spacial score (nSPS) is 12.3. The van der Waals surface area contributed by atoms with Crippen molar-refractivity contribution in [1.29, 1.82) is 5.26 Å². The Kier molecular flexibility index (Phi) is 6.25. The highest BCUT2D eigenvalue weighted by Gasteiger charge is 2.27. The summed E-state index contributed by atoms with van der Waals surface area (Å²) in [6.45, 7) is 2.72. The number of nitrogens with one attached hydrogen (secondary N) is 3. The second kappa shape index (κ2) is 9.29. The van der Waals surface area contributed by atoms with Crippen LogP contribution in [0.4, 0.5) is 10.1 Å². The molecule has 4 rings (SSSR count). The van der Waals surface area contributed by atoms with E-state index >= 15 is 0 Å². The van der Waals surface area contributed by atoms with Crippen LogP contribution in [0.3, 0.4) is 0 Å². The van der Waals surface area contributed by atoms with Crippen LogP contribution in [-0.4, -0.2) is 54.1 Å². The molecule has 0 bridgehead atoms. The van der Waals surface area contributed by atoms with Crippen LogP contribution in [0.15, 0.2) is 49.1 Å². The first-order valence-corrected chi connectivity index (χ1v) is 10.5. The van der Waals surface area contributed by atoms with Crippen LogP contribution in [0.5, 0.6) is 0 Å². The van der Waals surface area contributed by atoms with Crippen LogP contribution in [0.2, 0.25) is 0 Å². The lowest BCUT2D eigenvalue weighted by Gasteiger charge is -2.22. The molecule has 0 saturated carbocycles. The fourth-order valence-corrected chi connectivity index (χ4v) is 3.28. The quantitative estimate of drug-likeness (QED) is 0.315. The van der Waals surface area contributed by atoms with E-state index in [4.69, 9.17) is 5.26 Å². The first-order valence-electron chi connectivity index (χ1n) is 10.5. The van der Waals surface area contributed by atoms with E-state index in [-0.39, 0.29) is 12.1 Å². The van der Waals surface area contributed by atoms with Crippen molar-refractivity contribution in [3.05, 3.63) is 65.7 Å². The van der Waals surface area contributed by atoms with Crippen LogP contribution in [0.25, 0.3) is 16.9 Å². The minimum atomic E-state index is -1.64. The summed E-state index contributed by atoms with van der Waals surface area (Å²) in [5, 5.41) is 35.6. The molecule has 174 valence electrons. The minimum Gasteiger partial charge on any atom is -0.387 e. The zero-order valence-electron chi connectivity index (χ0n) is 18.6. The van der Waals surface area contributed by atoms with Gasteiger partial charge in [-0.15, -0.1) is 0 Å². The number of aliphatic hydroxyl groups is 1. The number of anilines is 1. The van der Waals surface area contributed by atoms with Crippen molar-refractivity contribution < 1.29 is 14.3 Å². The van der Waals surface area contributed by atoms with E-state index in [0.717, 1.165) is 11.1 Å². The molecule has 0 fully saturated rings. The number of alkyl halides is 1. The fourth-order valence-electron chi connectivity index (χ4n) is 3.28. The fraction of sp³-hybridized carbons (Fsp3) is 0.261. The van der Waals surface area contributed by atoms with Crippen molar-refractivity contribution >= 4 is 17.1 Å². The number of halogens is 1. The average Bonchev–Trinajstić information content (AvgIpc) is 3.49. The predicted molar refractivity (Wildman–Crippen MR) is 123 cm³/mol. The van der Waals surface area contributed by atoms with Gasteiger partial charge in [0.25, 0.3) is 5.91 Å². The summed E-state index contributed by atoms with van der Waals surface area (Å²) in [4.78, 5) is 17.3. The second-order valence-corrected chi connectivity index (χ2v) is 8.32. The number of hydrogen-bond donors (Lipinski definition) is 4. The second-order valence-electron chi connectivity index (χ2n) is 8.32. The Balaban J connectivity index is 1.65. The van der Waals surface area contributed by atoms with Gasteiger partial charge in [-0.05, 0) is 38.1 Å². The van der Waals surface area contributed by atoms with Gasteiger partial charge in [-0.2, -0.15) is 15.5 Å². The van der Waals surface area contributed by atoms with Gasteiger partial charge in [0.15, 0.2) is 0 Å². The highest BCUT2D eigenvalue weighted by molar-refractivity contribution is 6.00. The molecule has 4 aromatic rings. The number of pyridine rings is 1. The van der Waals surface area contributed by atoms with Crippen LogP contribution in [-0.2, 0) is 6.54 Å². The van der Waals surface area contributed by atoms with Gasteiger partial charge in [-0.1, -0.05) is 0 Å². The molecule has 0 aliphatic rings. The molecule has 34 heavy (non-hydrogen) atoms. The Morgan fingerprint density at radius 1 is 1.32 bits per heavy atom. The molecule has 0 radical (unpaired) electrons. The molecule has 0 aliphatic carbocycles. The standard InChI is InChI=1S/C23H23FN8O2/c1-23(2,34)21(24)13-28-22(33)17-12-27-19(6-18(17)26-8-15-9-29-30-10-15)20-4-3-16-5-14(7-25)11-31-32(16)20/h3-6,9-12,21,34H,8,13H2,1-2H3,(H,26,27)(H,28,33)(H,29,30). The molecule has 11 heteroatoms. The molecule has 10 nitrogen and oxygen atoms in total. The highest BCUT2D eigenvalue weighted by Crippen LogP contribution is 2.26. The Hall–Kier alpha value is -4.30. The first-order chi connectivity index (χ1) is 16.3. The number of hydrogen-bond acceptors (Lipinski definition) is 7. The average molecular weight is 462 g/mol. The maximum Gasteiger partial charge on any atom is 0.255 e. The number of nitriles is 1. The monoisotopic (exact) mass is 462 g/mol. The van der Waals surface area contributed by atoms with Crippen LogP contribution in [0.1, 0.15) is 35.3 Å². The van der Waals surface area contributed by atoms with Gasteiger partial charge in [0.1, 0.15) is 12.2 Å². The van der Waals surface area contributed by atoms with E-state index < -0.39 is 17.7 Å². The van der Waals surface area contributed by atoms with Crippen molar-refractivity contribution in [1.82, 2.24) is 30.1 Å². The van der Waals surface area contributed by atoms with E-state index in [1.165, 1.54) is 26.2 Å². The summed E-state index contributed by atoms with van der Waals surface area (Å²) < 4.78 is 15.8. The number of H-pyrrole nitrogens is 1. The predicted octanol–water partition coefficient (Wildman–Crippen LogP) is 2.44. The zero-order chi connectivity index (χ0) is 24.3. The van der Waals surface area contributed by atoms with Gasteiger partial charge >= 0.3 is 0 Å². The van der Waals surface area contributed by atoms with Gasteiger partial charge in [0.2, 0.25) is 0 Å². The van der Waals surface area contributed by atoms with E-state index in [1.807, 2.05) is 12.1 Å². The lowest BCUT2D eigenvalue weighted by Crippen LogP contribution is -2.42. The molecule has 0 saturated heterocycles. The number of carbonyl (C=O) groups excluding carboxylic acids is 1. The molecule has 0 aromatic carbocycles. The molecule has 4 aromatic heterocycles. The molecule has 0 aliphatic heterocycles. The summed E-state index contributed by atoms with van der Waals surface area (Å²) in [5.41, 5.74) is 2.37. The molecule has 4 N–H and O–H groups in total. The van der Waals surface area contributed by atoms with Crippen molar-refractivity contribution in [3.8, 4) is 17.5 Å². The largest absolute Gasteiger partial charge is 0.387 e. The summed E-state index contributed by atoms with van der Waals surface area (Å²) >= 11 is 0. The maximum atomic E-state index is 14.1. The third kappa shape index (κ3) is 4.87. The van der Waals surface area contributed by atoms with Gasteiger partial charge in [0, 0.05) is 24.5 Å². The third-order valence-corrected chi connectivity index (χ3v) is 5.29. The number of amides is 1. The van der Waals surface area contributed by atoms with Crippen molar-refractivity contribution in [2.24, 2.45) is 0 Å². The highest BCUT2D eigenvalue weighted by atomic mass is 19.1. The molecule has 1 amide bonds. The topological polar surface area (TPSA) is 144 Å². The lowest BCUT2D eigenvalue weighted by molar-refractivity contribution is -0.00177. The van der Waals surface area contributed by atoms with Gasteiger partial charge in [-0.3, -0.25) is 14.9 Å². The molecule has 0 spiro atoms. The number of nitrogens with zero attached hydrogens (tertiary/aromatic N) is 5. The van der Waals surface area contributed by atoms with E-state index in [0.29, 0.717) is 29.2 Å². The number of aromatic nitrogens is 5. The van der Waals surface area contributed by atoms with Crippen LogP contribution in [0, 0.1) is 11.3 Å². The third-order valence-electron chi connectivity index (χ3n) is 5.29. The smallest absolute Gasteiger partial charge is 0.255 e. The Labute approximate surface area is 194 Å². The summed E-state index contributed by atoms with van der Waals surface area (Å²) in [6, 6.07) is 9.13. The first kappa shape index (κ1) is 22.9. The van der Waals surface area contributed by atoms with Crippen molar-refractivity contribution in [2.45, 2.75) is 32.2 Å². The number of rotatable bonds is 8. The number of fused-ring (bicyclic) bond motifs is 1. The van der Waals surface area contributed by atoms with Crippen LogP contribution < -0.4 is 10.6 Å². The molecular weight excluding hydrogens is 439 g/mol. The molecular formula is C23H23FN8O2. The van der Waals surface area contributed by atoms with Crippen molar-refractivity contribution in [3.63, 3.8) is 0 Å². The minimum absolute atomic E-state index is 0.218. The van der Waals surface area contributed by atoms with Gasteiger partial charge in [0.05, 0.1) is 58.3 Å². The SMILES string of the molecule is CC(C)(O)C(F)CNC(=O)c1cnc(-c2ccc3cc(C#N)cnn23)cc1NCc1cn[nH]c1. The number of aromatic amines is 1. The zero-order valence-corrected chi connectivity index (χ0v) is 18.6. The summed E-state index contributed by atoms with van der Waals surface area (Å²) in [5.74, 6) is -0.530. The Morgan fingerprint density at radius 3 is 2.85 bits per heavy atom. The van der Waals surface area contributed by atoms with E-state index in [1.54, 1.807) is 29.0 Å². The Morgan fingerprint density at radius 2 is 2.15 bits per heavy atom. The van der Waals surface area contributed by atoms with E-state index in [2.05, 4.69) is 37.0 Å². The van der Waals surface area contributed by atoms with Gasteiger partial charge in [-0.25, -0.2) is 8.91 Å². The van der Waals surface area contributed by atoms with Crippen molar-refractivity contribution in [2.75, 3.05) is 11.9 Å². The van der Waals surface area contributed by atoms with Gasteiger partial charge < -0.3 is 15.7 Å². The molecule has 1 atom stereocenters. The van der Waals surface area contributed by atoms with E-state index in [9.17, 15) is 14.3 Å². The summed E-state index contributed by atoms with van der Waals surface area (Å²) in [7, 11) is 0. The number of carbonyl (C=O) groups is 1. The molecule has 1 unspecified atom stereocenters. The maximum absolute atomic E-state index is 14.1. The lowest BCUT2D eigenvalue weighted by atomic mass is 10.0. The molecule has 4 heterocycles.